The number of nitrogens with one attached hydrogen (secondary N) is 1. The fourth-order valence-corrected chi connectivity index (χ4v) is 5.05. The third kappa shape index (κ3) is 4.96. The number of carbonyl (C=O) groups is 1. The van der Waals surface area contributed by atoms with Crippen LogP contribution in [-0.4, -0.2) is 46.3 Å². The number of benzene rings is 1. The van der Waals surface area contributed by atoms with Crippen molar-refractivity contribution in [1.82, 2.24) is 20.2 Å². The topological polar surface area (TPSA) is 58.1 Å². The van der Waals surface area contributed by atoms with Gasteiger partial charge in [0.05, 0.1) is 16.6 Å². The van der Waals surface area contributed by atoms with E-state index in [1.807, 2.05) is 29.3 Å². The Balaban J connectivity index is 1.56. The number of rotatable bonds is 5. The molecule has 1 unspecified atom stereocenters. The Kier molecular flexibility index (Phi) is 6.27. The third-order valence-electron chi connectivity index (χ3n) is 5.81. The number of carbonyl (C=O) groups excluding carboxylic acids is 1. The van der Waals surface area contributed by atoms with Crippen molar-refractivity contribution < 1.29 is 13.6 Å². The Hall–Kier alpha value is -2.45. The Bertz CT molecular complexity index is 1090. The largest absolute Gasteiger partial charge is 0.350 e. The van der Waals surface area contributed by atoms with Gasteiger partial charge in [-0.15, -0.1) is 11.3 Å². The lowest BCUT2D eigenvalue weighted by Crippen LogP contribution is -2.44. The molecule has 8 heteroatoms. The van der Waals surface area contributed by atoms with E-state index in [0.717, 1.165) is 20.8 Å². The first kappa shape index (κ1) is 22.7. The Morgan fingerprint density at radius 1 is 1.19 bits per heavy atom. The average Bonchev–Trinajstić information content (AvgIpc) is 3.25. The van der Waals surface area contributed by atoms with Crippen molar-refractivity contribution in [2.45, 2.75) is 51.0 Å². The van der Waals surface area contributed by atoms with Crippen molar-refractivity contribution >= 4 is 28.1 Å². The van der Waals surface area contributed by atoms with E-state index < -0.39 is 5.92 Å². The van der Waals surface area contributed by atoms with Crippen LogP contribution in [0, 0.1) is 0 Å². The number of hydrogen-bond acceptors (Lipinski definition) is 5. The maximum Gasteiger partial charge on any atom is 0.252 e. The average molecular weight is 459 g/mol. The fourth-order valence-electron chi connectivity index (χ4n) is 3.95. The van der Waals surface area contributed by atoms with Crippen LogP contribution in [0.15, 0.2) is 42.7 Å². The minimum atomic E-state index is -2.62. The first-order valence-corrected chi connectivity index (χ1v) is 11.7. The molecule has 1 amide bonds. The molecule has 1 saturated heterocycles. The number of nitrogens with zero attached hydrogens (tertiary/aromatic N) is 3. The fraction of sp³-hybridized carbons (Fsp3) is 0.458. The van der Waals surface area contributed by atoms with Crippen molar-refractivity contribution in [2.24, 2.45) is 0 Å². The monoisotopic (exact) mass is 458 g/mol. The second-order valence-corrected chi connectivity index (χ2v) is 10.4. The number of piperidine rings is 1. The maximum atomic E-state index is 13.8. The Labute approximate surface area is 190 Å². The Morgan fingerprint density at radius 2 is 1.94 bits per heavy atom. The lowest BCUT2D eigenvalue weighted by molar-refractivity contribution is -0.0629. The maximum absolute atomic E-state index is 13.8. The van der Waals surface area contributed by atoms with E-state index in [1.165, 1.54) is 0 Å². The molecular weight excluding hydrogens is 430 g/mol. The number of halogens is 2. The van der Waals surface area contributed by atoms with Gasteiger partial charge in [-0.25, -0.2) is 13.8 Å². The van der Waals surface area contributed by atoms with Crippen LogP contribution in [0.25, 0.3) is 10.9 Å². The highest BCUT2D eigenvalue weighted by Gasteiger charge is 2.37. The molecule has 1 aromatic carbocycles. The summed E-state index contributed by atoms with van der Waals surface area (Å²) in [6, 6.07) is 8.94. The zero-order chi connectivity index (χ0) is 22.9. The van der Waals surface area contributed by atoms with Gasteiger partial charge in [0, 0.05) is 66.1 Å². The molecule has 1 atom stereocenters. The van der Waals surface area contributed by atoms with E-state index in [0.29, 0.717) is 12.1 Å². The summed E-state index contributed by atoms with van der Waals surface area (Å²) in [7, 11) is 0. The number of likely N-dealkylation sites (tertiary alicyclic amines) is 1. The number of alkyl halides is 2. The molecule has 170 valence electrons. The van der Waals surface area contributed by atoms with Crippen LogP contribution in [0.4, 0.5) is 8.78 Å². The molecule has 0 saturated carbocycles. The number of thiazole rings is 1. The van der Waals surface area contributed by atoms with E-state index in [4.69, 9.17) is 0 Å². The zero-order valence-electron chi connectivity index (χ0n) is 18.6. The van der Waals surface area contributed by atoms with Gasteiger partial charge in [0.1, 0.15) is 0 Å². The van der Waals surface area contributed by atoms with Crippen molar-refractivity contribution in [3.8, 4) is 0 Å². The number of amides is 1. The van der Waals surface area contributed by atoms with Crippen LogP contribution in [0.5, 0.6) is 0 Å². The second kappa shape index (κ2) is 8.83. The highest BCUT2D eigenvalue weighted by molar-refractivity contribution is 7.11. The molecule has 0 spiro atoms. The number of fused-ring (bicyclic) bond motifs is 1. The normalized spacial score (nSPS) is 17.9. The summed E-state index contributed by atoms with van der Waals surface area (Å²) in [6.07, 6.45) is 3.19. The molecular formula is C24H28F2N4OS. The van der Waals surface area contributed by atoms with Gasteiger partial charge in [0.15, 0.2) is 0 Å². The van der Waals surface area contributed by atoms with Crippen molar-refractivity contribution in [3.05, 3.63) is 58.2 Å². The molecule has 0 aliphatic carbocycles. The summed E-state index contributed by atoms with van der Waals surface area (Å²) in [5, 5.41) is 4.82. The summed E-state index contributed by atoms with van der Waals surface area (Å²) < 4.78 is 27.6. The van der Waals surface area contributed by atoms with Gasteiger partial charge in [-0.1, -0.05) is 32.9 Å². The molecule has 3 aromatic rings. The van der Waals surface area contributed by atoms with Crippen molar-refractivity contribution in [3.63, 3.8) is 0 Å². The van der Waals surface area contributed by atoms with Gasteiger partial charge >= 0.3 is 0 Å². The van der Waals surface area contributed by atoms with Gasteiger partial charge in [-0.05, 0) is 18.2 Å². The van der Waals surface area contributed by atoms with E-state index in [-0.39, 0.29) is 43.3 Å². The molecule has 4 rings (SSSR count). The third-order valence-corrected chi connectivity index (χ3v) is 7.33. The predicted molar refractivity (Wildman–Crippen MR) is 123 cm³/mol. The van der Waals surface area contributed by atoms with Gasteiger partial charge in [0.2, 0.25) is 0 Å². The highest BCUT2D eigenvalue weighted by atomic mass is 32.1. The standard InChI is InChI=1S/C24H28F2N4OS/c1-23(2,3)22-29-15-20(32-22)19(30-12-9-24(25,26)10-13-30)14-28-21(31)17-6-4-8-18-16(17)7-5-11-27-18/h4-8,11,15,19H,9-10,12-14H2,1-3H3,(H,28,31). The summed E-state index contributed by atoms with van der Waals surface area (Å²) in [5.74, 6) is -2.82. The molecule has 0 bridgehead atoms. The smallest absolute Gasteiger partial charge is 0.252 e. The van der Waals surface area contributed by atoms with Gasteiger partial charge < -0.3 is 5.32 Å². The lowest BCUT2D eigenvalue weighted by Gasteiger charge is -2.37. The van der Waals surface area contributed by atoms with Gasteiger partial charge in [0.25, 0.3) is 11.8 Å². The van der Waals surface area contributed by atoms with Crippen LogP contribution in [0.1, 0.15) is 59.9 Å². The summed E-state index contributed by atoms with van der Waals surface area (Å²) in [6.45, 7) is 7.20. The van der Waals surface area contributed by atoms with Crippen LogP contribution < -0.4 is 5.32 Å². The molecule has 1 aliphatic rings. The summed E-state index contributed by atoms with van der Waals surface area (Å²) >= 11 is 1.59. The number of pyridine rings is 1. The number of hydrogen-bond donors (Lipinski definition) is 1. The van der Waals surface area contributed by atoms with Crippen LogP contribution in [0.2, 0.25) is 0 Å². The van der Waals surface area contributed by atoms with Gasteiger partial charge in [-0.2, -0.15) is 0 Å². The second-order valence-electron chi connectivity index (χ2n) is 9.31. The van der Waals surface area contributed by atoms with Gasteiger partial charge in [-0.3, -0.25) is 14.7 Å². The molecule has 1 N–H and O–H groups in total. The van der Waals surface area contributed by atoms with Crippen molar-refractivity contribution in [1.29, 1.82) is 0 Å². The molecule has 5 nitrogen and oxygen atoms in total. The van der Waals surface area contributed by atoms with E-state index in [1.54, 1.807) is 29.7 Å². The summed E-state index contributed by atoms with van der Waals surface area (Å²) in [5.41, 5.74) is 1.22. The lowest BCUT2D eigenvalue weighted by atomic mass is 9.98. The molecule has 32 heavy (non-hydrogen) atoms. The minimum Gasteiger partial charge on any atom is -0.350 e. The molecule has 3 heterocycles. The van der Waals surface area contributed by atoms with Crippen LogP contribution in [-0.2, 0) is 5.41 Å². The van der Waals surface area contributed by atoms with Crippen molar-refractivity contribution in [2.75, 3.05) is 19.6 Å². The highest BCUT2D eigenvalue weighted by Crippen LogP contribution is 2.36. The van der Waals surface area contributed by atoms with Crippen LogP contribution in [0.3, 0.4) is 0 Å². The molecule has 0 radical (unpaired) electrons. The molecule has 2 aromatic heterocycles. The predicted octanol–water partition coefficient (Wildman–Crippen LogP) is 5.19. The summed E-state index contributed by atoms with van der Waals surface area (Å²) in [4.78, 5) is 25.0. The minimum absolute atomic E-state index is 0.0956. The zero-order valence-corrected chi connectivity index (χ0v) is 19.4. The van der Waals surface area contributed by atoms with E-state index >= 15 is 0 Å². The number of aromatic nitrogens is 2. The SMILES string of the molecule is CC(C)(C)c1ncc(C(CNC(=O)c2cccc3ncccc23)N2CCC(F)(F)CC2)s1. The first-order chi connectivity index (χ1) is 15.1. The molecule has 1 fully saturated rings. The Morgan fingerprint density at radius 3 is 2.62 bits per heavy atom. The van der Waals surface area contributed by atoms with E-state index in [9.17, 15) is 13.6 Å². The van der Waals surface area contributed by atoms with E-state index in [2.05, 4.69) is 36.1 Å². The van der Waals surface area contributed by atoms with Crippen LogP contribution >= 0.6 is 11.3 Å². The molecule has 1 aliphatic heterocycles. The first-order valence-electron chi connectivity index (χ1n) is 10.8. The quantitative estimate of drug-likeness (QED) is 0.572.